The molecule has 20 heteroatoms. The number of aryl methyl sites for hydroxylation is 6. The molecule has 0 bridgehead atoms. The molecule has 0 saturated heterocycles. The van der Waals surface area contributed by atoms with Crippen molar-refractivity contribution >= 4 is 45.5 Å². The lowest BCUT2D eigenvalue weighted by atomic mass is 10.1. The minimum absolute atomic E-state index is 0. The summed E-state index contributed by atoms with van der Waals surface area (Å²) in [6.45, 7) is 13.5. The molecule has 0 aliphatic carbocycles. The zero-order valence-corrected chi connectivity index (χ0v) is 39.5. The van der Waals surface area contributed by atoms with E-state index in [-0.39, 0.29) is 37.6 Å². The number of carbonyl (C=O) groups is 5. The molecule has 0 unspecified atom stereocenters. The summed E-state index contributed by atoms with van der Waals surface area (Å²) < 4.78 is 0. The number of hydrogen-bond donors (Lipinski definition) is 3. The topological polar surface area (TPSA) is 276 Å². The van der Waals surface area contributed by atoms with Crippen molar-refractivity contribution in [2.24, 2.45) is 5.73 Å². The van der Waals surface area contributed by atoms with E-state index in [9.17, 15) is 19.2 Å². The van der Waals surface area contributed by atoms with Gasteiger partial charge in [0, 0.05) is 61.7 Å². The maximum atomic E-state index is 12.2. The third-order valence-electron chi connectivity index (χ3n) is 9.01. The van der Waals surface area contributed by atoms with E-state index in [1.54, 1.807) is 86.0 Å². The molecule has 0 saturated carbocycles. The fraction of sp³-hybridized carbons (Fsp3) is 0.229. The molecule has 7 aromatic rings. The summed E-state index contributed by atoms with van der Waals surface area (Å²) in [6.07, 6.45) is 18.1. The number of benzene rings is 2. The molecule has 9 rings (SSSR count). The Bertz CT molecular complexity index is 2610. The summed E-state index contributed by atoms with van der Waals surface area (Å²) >= 11 is 3.32. The Morgan fingerprint density at radius 3 is 1.25 bits per heavy atom. The number of hydrogen-bond acceptors (Lipinski definition) is 16. The normalized spacial score (nSPS) is 11.1. The maximum absolute atomic E-state index is 12.2. The highest BCUT2D eigenvalue weighted by atomic mass is 79.9. The minimum atomic E-state index is -0.833. The Kier molecular flexibility index (Phi) is 24.4. The number of rotatable bonds is 4. The highest BCUT2D eigenvalue weighted by Crippen LogP contribution is 2.24. The lowest BCUT2D eigenvalue weighted by molar-refractivity contribution is -0.134. The fourth-order valence-electron chi connectivity index (χ4n) is 5.28. The van der Waals surface area contributed by atoms with E-state index in [0.717, 1.165) is 57.2 Å². The zero-order valence-electron chi connectivity index (χ0n) is 38.0. The van der Waals surface area contributed by atoms with E-state index in [0.29, 0.717) is 34.5 Å². The van der Waals surface area contributed by atoms with Crippen molar-refractivity contribution in [2.45, 2.75) is 74.3 Å². The molecule has 68 heavy (non-hydrogen) atoms. The summed E-state index contributed by atoms with van der Waals surface area (Å²) in [5.74, 6) is -1.96. The number of aliphatic carboxylic acids is 1. The van der Waals surface area contributed by atoms with Gasteiger partial charge in [-0.15, -0.1) is 0 Å². The first-order valence-electron chi connectivity index (χ1n) is 20.2. The smallest absolute Gasteiger partial charge is 0.300 e. The van der Waals surface area contributed by atoms with E-state index in [4.69, 9.17) is 15.6 Å². The SMILES string of the molecule is C.CC(=O)O.Cc1cncnc1.Cc1cncnc1C.Cc1cncnc1CBr.Cc1cncnc1CN.Cc1cncnc1CN1C(=O)c2ccccc2C1=O.O=C1NC(=O)c2ccccc21. The molecule has 0 atom stereocenters. The molecule has 4 N–H and O–H groups in total. The third kappa shape index (κ3) is 18.1. The van der Waals surface area contributed by atoms with Crippen molar-refractivity contribution in [1.29, 1.82) is 0 Å². The molecule has 2 aliphatic heterocycles. The molecular formula is C48H54BrN13O6. The van der Waals surface area contributed by atoms with Crippen LogP contribution in [-0.4, -0.2) is 89.4 Å². The average molecular weight is 989 g/mol. The van der Waals surface area contributed by atoms with Crippen molar-refractivity contribution in [3.8, 4) is 0 Å². The monoisotopic (exact) mass is 987 g/mol. The fourth-order valence-corrected chi connectivity index (χ4v) is 5.86. The number of imide groups is 2. The number of nitrogens with two attached hydrogens (primary N) is 1. The standard InChI is InChI=1S/C14H11N3O2.C8H5NO2.C6H7BrN2.C6H9N3.C6H8N2.C5H6N2.C2H4O2.CH4/c1-9-6-15-8-16-12(9)7-17-13(18)10-4-2-3-5-11(10)14(17)19;10-7-5-3-1-2-4-6(5)8(11)9-7;2*1-5-3-8-4-9-6(5)2-7;1-5-3-7-4-8-6(5)2;1-5-2-6-4-7-3-5;1-2(3)4;/h2-6,8H,7H2,1H3;1-4H,(H,9,10,11);3-4H,2H2,1H3;3-4H,2,7H2,1H3;3-4H,1-2H3;2-4H,1H3;1H3,(H,3,4);1H4. The Morgan fingerprint density at radius 1 is 0.574 bits per heavy atom. The second kappa shape index (κ2) is 29.5. The summed E-state index contributed by atoms with van der Waals surface area (Å²) in [5, 5.41) is 10.4. The van der Waals surface area contributed by atoms with Crippen LogP contribution in [0.4, 0.5) is 0 Å². The molecule has 354 valence electrons. The van der Waals surface area contributed by atoms with Gasteiger partial charge in [-0.2, -0.15) is 0 Å². The van der Waals surface area contributed by atoms with E-state index >= 15 is 0 Å². The van der Waals surface area contributed by atoms with E-state index < -0.39 is 5.97 Å². The lowest BCUT2D eigenvalue weighted by Gasteiger charge is -2.14. The van der Waals surface area contributed by atoms with E-state index in [1.807, 2.05) is 53.9 Å². The molecule has 0 radical (unpaired) electrons. The number of carbonyl (C=O) groups excluding carboxylic acids is 4. The predicted molar refractivity (Wildman–Crippen MR) is 258 cm³/mol. The number of nitrogens with one attached hydrogen (secondary N) is 1. The predicted octanol–water partition coefficient (Wildman–Crippen LogP) is 6.68. The van der Waals surface area contributed by atoms with Gasteiger partial charge in [0.05, 0.1) is 45.9 Å². The van der Waals surface area contributed by atoms with Crippen molar-refractivity contribution < 1.29 is 29.1 Å². The molecule has 0 spiro atoms. The molecule has 7 heterocycles. The quantitative estimate of drug-likeness (QED) is 0.122. The van der Waals surface area contributed by atoms with Gasteiger partial charge in [-0.3, -0.25) is 34.2 Å². The van der Waals surface area contributed by atoms with Crippen LogP contribution in [0.3, 0.4) is 0 Å². The highest BCUT2D eigenvalue weighted by Gasteiger charge is 2.35. The summed E-state index contributed by atoms with van der Waals surface area (Å²) in [4.78, 5) is 95.5. The van der Waals surface area contributed by atoms with Gasteiger partial charge < -0.3 is 10.8 Å². The van der Waals surface area contributed by atoms with Crippen LogP contribution >= 0.6 is 15.9 Å². The zero-order chi connectivity index (χ0) is 49.3. The van der Waals surface area contributed by atoms with Crippen LogP contribution in [0.5, 0.6) is 0 Å². The molecule has 2 aromatic carbocycles. The Hall–Kier alpha value is -7.97. The summed E-state index contributed by atoms with van der Waals surface area (Å²) in [5.41, 5.74) is 16.2. The Labute approximate surface area is 403 Å². The van der Waals surface area contributed by atoms with Gasteiger partial charge in [0.15, 0.2) is 0 Å². The number of amides is 4. The summed E-state index contributed by atoms with van der Waals surface area (Å²) in [6, 6.07) is 13.6. The molecular weight excluding hydrogens is 935 g/mol. The van der Waals surface area contributed by atoms with Gasteiger partial charge in [-0.1, -0.05) is 47.6 Å². The van der Waals surface area contributed by atoms with E-state index in [1.165, 1.54) is 23.9 Å². The molecule has 2 aliphatic rings. The number of carboxylic acids is 1. The maximum Gasteiger partial charge on any atom is 0.300 e. The van der Waals surface area contributed by atoms with Crippen molar-refractivity contribution in [2.75, 3.05) is 0 Å². The number of carboxylic acid groups (broad SMARTS) is 1. The number of nitrogens with zero attached hydrogens (tertiary/aromatic N) is 11. The second-order valence-corrected chi connectivity index (χ2v) is 14.7. The second-order valence-electron chi connectivity index (χ2n) is 14.1. The van der Waals surface area contributed by atoms with Crippen LogP contribution in [0, 0.1) is 41.5 Å². The van der Waals surface area contributed by atoms with Crippen LogP contribution in [0.2, 0.25) is 0 Å². The Balaban J connectivity index is 0.000000285. The van der Waals surface area contributed by atoms with Crippen LogP contribution < -0.4 is 11.1 Å². The lowest BCUT2D eigenvalue weighted by Crippen LogP contribution is -2.29. The average Bonchev–Trinajstić information content (AvgIpc) is 3.75. The van der Waals surface area contributed by atoms with Gasteiger partial charge in [-0.05, 0) is 93.6 Å². The molecule has 4 amide bonds. The van der Waals surface area contributed by atoms with Gasteiger partial charge in [0.25, 0.3) is 29.6 Å². The van der Waals surface area contributed by atoms with Crippen LogP contribution in [0.1, 0.15) is 106 Å². The number of alkyl halides is 1. The Morgan fingerprint density at radius 2 is 0.941 bits per heavy atom. The molecule has 0 fully saturated rings. The minimum Gasteiger partial charge on any atom is -0.481 e. The van der Waals surface area contributed by atoms with Crippen LogP contribution in [0.15, 0.2) is 117 Å². The molecule has 19 nitrogen and oxygen atoms in total. The molecule has 5 aromatic heterocycles. The van der Waals surface area contributed by atoms with Crippen molar-refractivity contribution in [3.63, 3.8) is 0 Å². The first-order chi connectivity index (χ1) is 32.1. The van der Waals surface area contributed by atoms with Gasteiger partial charge in [0.2, 0.25) is 0 Å². The summed E-state index contributed by atoms with van der Waals surface area (Å²) in [7, 11) is 0. The number of fused-ring (bicyclic) bond motifs is 2. The van der Waals surface area contributed by atoms with Gasteiger partial charge >= 0.3 is 0 Å². The van der Waals surface area contributed by atoms with Crippen molar-refractivity contribution in [3.05, 3.63) is 190 Å². The van der Waals surface area contributed by atoms with Crippen molar-refractivity contribution in [1.82, 2.24) is 60.1 Å². The van der Waals surface area contributed by atoms with Crippen LogP contribution in [-0.2, 0) is 23.2 Å². The van der Waals surface area contributed by atoms with Gasteiger partial charge in [-0.25, -0.2) is 49.8 Å². The number of halogens is 1. The largest absolute Gasteiger partial charge is 0.481 e. The highest BCUT2D eigenvalue weighted by molar-refractivity contribution is 9.08. The number of aromatic nitrogens is 10. The third-order valence-corrected chi connectivity index (χ3v) is 9.54. The first-order valence-corrected chi connectivity index (χ1v) is 21.3. The first kappa shape index (κ1) is 56.2. The van der Waals surface area contributed by atoms with Crippen LogP contribution in [0.25, 0.3) is 0 Å². The van der Waals surface area contributed by atoms with E-state index in [2.05, 4.69) is 71.1 Å². The van der Waals surface area contributed by atoms with Gasteiger partial charge in [0.1, 0.15) is 31.6 Å².